The van der Waals surface area contributed by atoms with Crippen molar-refractivity contribution in [3.63, 3.8) is 0 Å². The summed E-state index contributed by atoms with van der Waals surface area (Å²) in [6.07, 6.45) is -1.12. The molecule has 226 valence electrons. The van der Waals surface area contributed by atoms with Crippen molar-refractivity contribution in [3.8, 4) is 11.6 Å². The van der Waals surface area contributed by atoms with E-state index in [1.165, 1.54) is 54.4 Å². The standard InChI is InChI=1S/C28H29ClF3N3O6S/c1-4-34-17-25(27(33-34)40-5-2)42(37,38)35-16-19(11-14-26(36)39-3)41-24-13-10-18(15-23(24)35)9-12-20-21(28(30,31)32)7-6-8-22(20)29/h6-10,12-13,15,17,19H,4-5,11,14,16H2,1-3H3. The normalized spacial score (nSPS) is 15.4. The van der Waals surface area contributed by atoms with Crippen LogP contribution in [0.25, 0.3) is 12.2 Å². The monoisotopic (exact) mass is 627 g/mol. The molecule has 3 aromatic rings. The van der Waals surface area contributed by atoms with E-state index in [2.05, 4.69) is 5.10 Å². The number of anilines is 1. The Labute approximate surface area is 246 Å². The van der Waals surface area contributed by atoms with Gasteiger partial charge >= 0.3 is 12.1 Å². The Morgan fingerprint density at radius 3 is 2.64 bits per heavy atom. The second-order valence-corrected chi connectivity index (χ2v) is 11.5. The van der Waals surface area contributed by atoms with Crippen LogP contribution in [0.15, 0.2) is 47.5 Å². The molecule has 0 radical (unpaired) electrons. The van der Waals surface area contributed by atoms with Gasteiger partial charge in [-0.2, -0.15) is 13.2 Å². The average molecular weight is 628 g/mol. The van der Waals surface area contributed by atoms with Crippen molar-refractivity contribution in [2.75, 3.05) is 24.6 Å². The van der Waals surface area contributed by atoms with E-state index in [4.69, 9.17) is 25.8 Å². The molecule has 0 bridgehead atoms. The highest BCUT2D eigenvalue weighted by Gasteiger charge is 2.38. The highest BCUT2D eigenvalue weighted by atomic mass is 35.5. The van der Waals surface area contributed by atoms with Crippen LogP contribution in [0.1, 0.15) is 43.4 Å². The number of hydrogen-bond acceptors (Lipinski definition) is 7. The van der Waals surface area contributed by atoms with Gasteiger partial charge in [-0.05, 0) is 50.1 Å². The fraction of sp³-hybridized carbons (Fsp3) is 0.357. The quantitative estimate of drug-likeness (QED) is 0.199. The fourth-order valence-corrected chi connectivity index (χ4v) is 6.22. The molecular weight excluding hydrogens is 599 g/mol. The molecule has 2 aromatic carbocycles. The number of carbonyl (C=O) groups excluding carboxylic acids is 1. The first kappa shape index (κ1) is 31.2. The van der Waals surface area contributed by atoms with Gasteiger partial charge < -0.3 is 14.2 Å². The lowest BCUT2D eigenvalue weighted by molar-refractivity contribution is -0.141. The Bertz CT molecular complexity index is 1590. The number of alkyl halides is 3. The summed E-state index contributed by atoms with van der Waals surface area (Å²) < 4.78 is 87.8. The van der Waals surface area contributed by atoms with Crippen LogP contribution in [0, 0.1) is 0 Å². The number of aryl methyl sites for hydroxylation is 1. The molecule has 1 aromatic heterocycles. The van der Waals surface area contributed by atoms with Gasteiger partial charge in [0.05, 0.1) is 31.5 Å². The zero-order valence-electron chi connectivity index (χ0n) is 23.0. The molecule has 0 N–H and O–H groups in total. The first-order valence-electron chi connectivity index (χ1n) is 13.0. The summed E-state index contributed by atoms with van der Waals surface area (Å²) >= 11 is 6.09. The highest BCUT2D eigenvalue weighted by Crippen LogP contribution is 2.41. The first-order valence-corrected chi connectivity index (χ1v) is 14.8. The SMILES string of the molecule is CCOc1nn(CC)cc1S(=O)(=O)N1CC(CCC(=O)OC)Oc2ccc(C=Cc3c(Cl)cccc3C(F)(F)F)cc21. The molecule has 4 rings (SSSR count). The third kappa shape index (κ3) is 6.67. The Hall–Kier alpha value is -3.71. The van der Waals surface area contributed by atoms with Crippen molar-refractivity contribution >= 4 is 45.4 Å². The molecule has 0 amide bonds. The Balaban J connectivity index is 1.78. The summed E-state index contributed by atoms with van der Waals surface area (Å²) in [5, 5.41) is 4.14. The van der Waals surface area contributed by atoms with E-state index in [1.54, 1.807) is 19.9 Å². The van der Waals surface area contributed by atoms with Crippen molar-refractivity contribution in [1.82, 2.24) is 9.78 Å². The molecule has 0 saturated carbocycles. The van der Waals surface area contributed by atoms with E-state index in [-0.39, 0.29) is 58.8 Å². The van der Waals surface area contributed by atoms with Crippen LogP contribution in [0.5, 0.6) is 11.6 Å². The Morgan fingerprint density at radius 1 is 1.21 bits per heavy atom. The smallest absolute Gasteiger partial charge is 0.417 e. The minimum atomic E-state index is -4.63. The fourth-order valence-electron chi connectivity index (χ4n) is 4.40. The van der Waals surface area contributed by atoms with E-state index < -0.39 is 33.8 Å². The van der Waals surface area contributed by atoms with Crippen LogP contribution >= 0.6 is 11.6 Å². The van der Waals surface area contributed by atoms with Gasteiger partial charge in [0.15, 0.2) is 4.90 Å². The van der Waals surface area contributed by atoms with Crippen LogP contribution in [0.2, 0.25) is 5.02 Å². The molecule has 1 aliphatic rings. The molecule has 14 heteroatoms. The van der Waals surface area contributed by atoms with Crippen molar-refractivity contribution < 1.29 is 40.6 Å². The predicted octanol–water partition coefficient (Wildman–Crippen LogP) is 6.05. The molecule has 0 aliphatic carbocycles. The summed E-state index contributed by atoms with van der Waals surface area (Å²) in [6.45, 7) is 3.94. The number of esters is 1. The molecule has 9 nitrogen and oxygen atoms in total. The van der Waals surface area contributed by atoms with Crippen molar-refractivity contribution in [1.29, 1.82) is 0 Å². The number of rotatable bonds is 10. The van der Waals surface area contributed by atoms with Gasteiger partial charge in [-0.3, -0.25) is 13.8 Å². The van der Waals surface area contributed by atoms with Gasteiger partial charge in [0.2, 0.25) is 0 Å². The number of nitrogens with zero attached hydrogens (tertiary/aromatic N) is 3. The minimum Gasteiger partial charge on any atom is -0.486 e. The van der Waals surface area contributed by atoms with E-state index in [0.29, 0.717) is 12.1 Å². The van der Waals surface area contributed by atoms with E-state index >= 15 is 0 Å². The van der Waals surface area contributed by atoms with Crippen molar-refractivity contribution in [2.24, 2.45) is 0 Å². The van der Waals surface area contributed by atoms with Crippen molar-refractivity contribution in [3.05, 3.63) is 64.3 Å². The molecule has 0 fully saturated rings. The van der Waals surface area contributed by atoms with Crippen LogP contribution in [0.4, 0.5) is 18.9 Å². The molecule has 2 heterocycles. The van der Waals surface area contributed by atoms with Crippen LogP contribution in [-0.2, 0) is 32.3 Å². The number of methoxy groups -OCH3 is 1. The lowest BCUT2D eigenvalue weighted by Crippen LogP contribution is -2.43. The molecule has 0 saturated heterocycles. The van der Waals surface area contributed by atoms with E-state index in [9.17, 15) is 26.4 Å². The molecule has 42 heavy (non-hydrogen) atoms. The summed E-state index contributed by atoms with van der Waals surface area (Å²) in [5.74, 6) is -0.320. The maximum absolute atomic E-state index is 14.1. The number of sulfonamides is 1. The number of hydrogen-bond donors (Lipinski definition) is 0. The van der Waals surface area contributed by atoms with Gasteiger partial charge in [-0.15, -0.1) is 5.10 Å². The number of benzene rings is 2. The number of aromatic nitrogens is 2. The minimum absolute atomic E-state index is 0.00253. The van der Waals surface area contributed by atoms with E-state index in [0.717, 1.165) is 10.4 Å². The third-order valence-electron chi connectivity index (χ3n) is 6.48. The second-order valence-electron chi connectivity index (χ2n) is 9.24. The lowest BCUT2D eigenvalue weighted by Gasteiger charge is -2.35. The number of fused-ring (bicyclic) bond motifs is 1. The Kier molecular flexibility index (Phi) is 9.41. The summed E-state index contributed by atoms with van der Waals surface area (Å²) in [7, 11) is -3.02. The summed E-state index contributed by atoms with van der Waals surface area (Å²) in [4.78, 5) is 11.6. The van der Waals surface area contributed by atoms with Crippen LogP contribution < -0.4 is 13.8 Å². The first-order chi connectivity index (χ1) is 19.9. The maximum atomic E-state index is 14.1. The molecular formula is C28H29ClF3N3O6S. The zero-order valence-corrected chi connectivity index (χ0v) is 24.6. The Morgan fingerprint density at radius 2 is 1.98 bits per heavy atom. The van der Waals surface area contributed by atoms with Crippen molar-refractivity contribution in [2.45, 2.75) is 50.4 Å². The topological polar surface area (TPSA) is 100.0 Å². The van der Waals surface area contributed by atoms with Crippen LogP contribution in [-0.4, -0.2) is 50.5 Å². The van der Waals surface area contributed by atoms with Gasteiger partial charge in [0.25, 0.3) is 15.9 Å². The molecule has 1 atom stereocenters. The largest absolute Gasteiger partial charge is 0.486 e. The van der Waals surface area contributed by atoms with E-state index in [1.807, 2.05) is 0 Å². The second kappa shape index (κ2) is 12.7. The summed E-state index contributed by atoms with van der Waals surface area (Å²) in [6, 6.07) is 8.10. The molecule has 1 aliphatic heterocycles. The molecule has 0 spiro atoms. The zero-order chi connectivity index (χ0) is 30.7. The highest BCUT2D eigenvalue weighted by molar-refractivity contribution is 7.93. The molecule has 1 unspecified atom stereocenters. The summed E-state index contributed by atoms with van der Waals surface area (Å²) in [5.41, 5.74) is -0.566. The van der Waals surface area contributed by atoms with Crippen LogP contribution in [0.3, 0.4) is 0 Å². The van der Waals surface area contributed by atoms with Gasteiger partial charge in [-0.1, -0.05) is 35.9 Å². The van der Waals surface area contributed by atoms with Gasteiger partial charge in [0, 0.05) is 29.7 Å². The lowest BCUT2D eigenvalue weighted by atomic mass is 10.0. The average Bonchev–Trinajstić information content (AvgIpc) is 3.38. The van der Waals surface area contributed by atoms with Gasteiger partial charge in [0.1, 0.15) is 11.9 Å². The maximum Gasteiger partial charge on any atom is 0.417 e. The predicted molar refractivity (Wildman–Crippen MR) is 151 cm³/mol. The number of halogens is 4. The van der Waals surface area contributed by atoms with Gasteiger partial charge in [-0.25, -0.2) is 8.42 Å². The number of ether oxygens (including phenoxy) is 3. The third-order valence-corrected chi connectivity index (χ3v) is 8.57. The number of carbonyl (C=O) groups is 1.